The van der Waals surface area contributed by atoms with E-state index in [1.54, 1.807) is 29.9 Å². The van der Waals surface area contributed by atoms with Crippen molar-refractivity contribution in [2.45, 2.75) is 19.1 Å². The van der Waals surface area contributed by atoms with Crippen LogP contribution in [0.3, 0.4) is 0 Å². The van der Waals surface area contributed by atoms with Gasteiger partial charge in [-0.05, 0) is 47.1 Å². The summed E-state index contributed by atoms with van der Waals surface area (Å²) >= 11 is 6.47. The van der Waals surface area contributed by atoms with Gasteiger partial charge in [0.2, 0.25) is 0 Å². The van der Waals surface area contributed by atoms with Crippen molar-refractivity contribution in [3.8, 4) is 5.82 Å². The Morgan fingerprint density at radius 1 is 1.00 bits per heavy atom. The fourth-order valence-electron chi connectivity index (χ4n) is 2.95. The first-order chi connectivity index (χ1) is 14.2. The fourth-order valence-corrected chi connectivity index (χ4v) is 3.64. The molecule has 0 aliphatic carbocycles. The maximum Gasteiger partial charge on any atom is 0.418 e. The number of hydrogen-bond acceptors (Lipinski definition) is 6. The van der Waals surface area contributed by atoms with Gasteiger partial charge < -0.3 is 5.32 Å². The number of alkyl halides is 3. The monoisotopic (exact) mass is 541 g/mol. The van der Waals surface area contributed by atoms with E-state index in [1.165, 1.54) is 6.33 Å². The number of nitrogens with one attached hydrogen (secondary N) is 1. The quantitative estimate of drug-likeness (QED) is 0.376. The summed E-state index contributed by atoms with van der Waals surface area (Å²) in [4.78, 5) is 16.6. The van der Waals surface area contributed by atoms with Crippen LogP contribution in [-0.4, -0.2) is 29.7 Å². The van der Waals surface area contributed by atoms with Crippen LogP contribution in [0.1, 0.15) is 24.4 Å². The molecule has 4 rings (SSSR count). The Bertz CT molecular complexity index is 1210. The van der Waals surface area contributed by atoms with E-state index in [0.717, 1.165) is 16.9 Å². The van der Waals surface area contributed by atoms with Gasteiger partial charge in [-0.1, -0.05) is 15.9 Å². The zero-order chi connectivity index (χ0) is 21.5. The zero-order valence-corrected chi connectivity index (χ0v) is 18.4. The molecular formula is C18H12Br2F3N7. The molecule has 4 aromatic rings. The molecule has 0 spiro atoms. The van der Waals surface area contributed by atoms with E-state index >= 15 is 0 Å². The highest BCUT2D eigenvalue weighted by atomic mass is 79.9. The van der Waals surface area contributed by atoms with Crippen molar-refractivity contribution in [1.82, 2.24) is 29.7 Å². The topological polar surface area (TPSA) is 81.4 Å². The molecule has 7 nitrogen and oxygen atoms in total. The van der Waals surface area contributed by atoms with Crippen LogP contribution in [0.4, 0.5) is 19.0 Å². The number of anilines is 1. The number of rotatable bonds is 4. The average molecular weight is 543 g/mol. The first-order valence-corrected chi connectivity index (χ1v) is 10.1. The predicted molar refractivity (Wildman–Crippen MR) is 111 cm³/mol. The lowest BCUT2D eigenvalue weighted by atomic mass is 10.1. The van der Waals surface area contributed by atoms with Crippen LogP contribution >= 0.6 is 31.9 Å². The van der Waals surface area contributed by atoms with Gasteiger partial charge in [0.25, 0.3) is 0 Å². The van der Waals surface area contributed by atoms with E-state index in [0.29, 0.717) is 11.6 Å². The van der Waals surface area contributed by atoms with Gasteiger partial charge in [0.1, 0.15) is 18.5 Å². The largest absolute Gasteiger partial charge is 0.418 e. The highest BCUT2D eigenvalue weighted by molar-refractivity contribution is 9.10. The fraction of sp³-hybridized carbons (Fsp3) is 0.167. The van der Waals surface area contributed by atoms with Crippen LogP contribution in [0.25, 0.3) is 16.7 Å². The molecule has 12 heteroatoms. The van der Waals surface area contributed by atoms with E-state index in [1.807, 2.05) is 6.07 Å². The second-order valence-electron chi connectivity index (χ2n) is 6.30. The maximum atomic E-state index is 13.5. The molecule has 0 radical (unpaired) electrons. The Hall–Kier alpha value is -2.60. The van der Waals surface area contributed by atoms with Crippen molar-refractivity contribution in [2.24, 2.45) is 0 Å². The van der Waals surface area contributed by atoms with Gasteiger partial charge in [-0.25, -0.2) is 19.9 Å². The lowest BCUT2D eigenvalue weighted by Crippen LogP contribution is -2.16. The van der Waals surface area contributed by atoms with Gasteiger partial charge in [0.05, 0.1) is 17.1 Å². The lowest BCUT2D eigenvalue weighted by molar-refractivity contribution is -0.136. The summed E-state index contributed by atoms with van der Waals surface area (Å²) < 4.78 is 43.0. The number of nitrogens with zero attached hydrogens (tertiary/aromatic N) is 6. The molecule has 3 aromatic heterocycles. The molecule has 0 aliphatic heterocycles. The van der Waals surface area contributed by atoms with Crippen LogP contribution in [0.15, 0.2) is 52.1 Å². The molecule has 1 aromatic carbocycles. The number of benzene rings is 1. The van der Waals surface area contributed by atoms with E-state index in [-0.39, 0.29) is 21.2 Å². The van der Waals surface area contributed by atoms with E-state index < -0.39 is 17.8 Å². The molecule has 30 heavy (non-hydrogen) atoms. The van der Waals surface area contributed by atoms with Gasteiger partial charge >= 0.3 is 6.18 Å². The molecule has 0 saturated heterocycles. The molecule has 0 aliphatic rings. The smallest absolute Gasteiger partial charge is 0.360 e. The summed E-state index contributed by atoms with van der Waals surface area (Å²) in [6.07, 6.45) is -0.436. The highest BCUT2D eigenvalue weighted by Gasteiger charge is 2.34. The van der Waals surface area contributed by atoms with E-state index in [9.17, 15) is 13.2 Å². The number of fused-ring (bicyclic) bond motifs is 1. The van der Waals surface area contributed by atoms with Crippen molar-refractivity contribution in [1.29, 1.82) is 0 Å². The zero-order valence-electron chi connectivity index (χ0n) is 15.2. The maximum absolute atomic E-state index is 13.5. The molecule has 0 bridgehead atoms. The molecule has 1 atom stereocenters. The average Bonchev–Trinajstić information content (AvgIpc) is 3.18. The molecular weight excluding hydrogens is 531 g/mol. The van der Waals surface area contributed by atoms with Gasteiger partial charge in [0.15, 0.2) is 11.6 Å². The lowest BCUT2D eigenvalue weighted by Gasteiger charge is -2.17. The van der Waals surface area contributed by atoms with Crippen molar-refractivity contribution >= 4 is 48.6 Å². The molecule has 0 fully saturated rings. The molecule has 3 heterocycles. The first-order valence-electron chi connectivity index (χ1n) is 8.54. The number of pyridine rings is 1. The summed E-state index contributed by atoms with van der Waals surface area (Å²) in [5.74, 6) is 1.31. The van der Waals surface area contributed by atoms with Crippen LogP contribution in [0.5, 0.6) is 0 Å². The van der Waals surface area contributed by atoms with Crippen molar-refractivity contribution in [2.75, 3.05) is 5.32 Å². The Balaban J connectivity index is 1.73. The van der Waals surface area contributed by atoms with Gasteiger partial charge in [-0.15, -0.1) is 0 Å². The van der Waals surface area contributed by atoms with Gasteiger partial charge in [0, 0.05) is 20.5 Å². The Morgan fingerprint density at radius 2 is 1.80 bits per heavy atom. The minimum Gasteiger partial charge on any atom is -0.360 e. The second-order valence-corrected chi connectivity index (χ2v) is 8.13. The summed E-state index contributed by atoms with van der Waals surface area (Å²) in [7, 11) is 0. The van der Waals surface area contributed by atoms with Crippen LogP contribution in [0, 0.1) is 0 Å². The van der Waals surface area contributed by atoms with Crippen molar-refractivity contribution in [3.63, 3.8) is 0 Å². The van der Waals surface area contributed by atoms with E-state index in [2.05, 4.69) is 62.2 Å². The molecule has 154 valence electrons. The highest BCUT2D eigenvalue weighted by Crippen LogP contribution is 2.38. The van der Waals surface area contributed by atoms with Crippen molar-refractivity contribution < 1.29 is 13.2 Å². The van der Waals surface area contributed by atoms with Gasteiger partial charge in [-0.2, -0.15) is 23.0 Å². The Morgan fingerprint density at radius 3 is 2.50 bits per heavy atom. The molecule has 0 amide bonds. The van der Waals surface area contributed by atoms with E-state index in [4.69, 9.17) is 0 Å². The summed E-state index contributed by atoms with van der Waals surface area (Å²) in [6, 6.07) is 5.69. The van der Waals surface area contributed by atoms with Crippen LogP contribution < -0.4 is 5.32 Å². The minimum atomic E-state index is -4.55. The molecule has 1 unspecified atom stereocenters. The summed E-state index contributed by atoms with van der Waals surface area (Å²) in [5.41, 5.74) is -1.03. The number of aromatic nitrogens is 6. The van der Waals surface area contributed by atoms with Crippen LogP contribution in [-0.2, 0) is 6.18 Å². The third-order valence-electron chi connectivity index (χ3n) is 4.25. The predicted octanol–water partition coefficient (Wildman–Crippen LogP) is 5.32. The normalized spacial score (nSPS) is 12.9. The molecule has 1 N–H and O–H groups in total. The van der Waals surface area contributed by atoms with Crippen LogP contribution in [0.2, 0.25) is 0 Å². The summed E-state index contributed by atoms with van der Waals surface area (Å²) in [6.45, 7) is 1.80. The first kappa shape index (κ1) is 20.7. The second kappa shape index (κ2) is 7.91. The number of halogens is 5. The number of hydrogen-bond donors (Lipinski definition) is 1. The van der Waals surface area contributed by atoms with Crippen molar-refractivity contribution in [3.05, 3.63) is 63.5 Å². The standard InChI is InChI=1S/C18H12Br2F3N7/c1-9(17-27-8-28-30(17)14-3-2-10(19)6-24-14)29-16-12-4-11(20)5-13(18(21,22)23)15(12)25-7-26-16/h2-9H,1H3,(H,25,26,29). The Labute approximate surface area is 185 Å². The SMILES string of the molecule is CC(Nc1ncnc2c(C(F)(F)F)cc(Br)cc12)c1ncnn1-c1ccc(Br)cn1. The summed E-state index contributed by atoms with van der Waals surface area (Å²) in [5, 5.41) is 7.55. The Kier molecular flexibility index (Phi) is 5.45. The third kappa shape index (κ3) is 4.01. The third-order valence-corrected chi connectivity index (χ3v) is 5.18. The molecule has 0 saturated carbocycles. The van der Waals surface area contributed by atoms with Gasteiger partial charge in [-0.3, -0.25) is 0 Å². The minimum absolute atomic E-state index is 0.188.